The largest absolute Gasteiger partial charge is 0.468 e. The van der Waals surface area contributed by atoms with Gasteiger partial charge in [-0.05, 0) is 29.8 Å². The van der Waals surface area contributed by atoms with E-state index in [4.69, 9.17) is 9.68 Å². The molecule has 0 N–H and O–H groups in total. The maximum absolute atomic E-state index is 8.88. The first kappa shape index (κ1) is 12.1. The van der Waals surface area contributed by atoms with Gasteiger partial charge in [-0.2, -0.15) is 5.26 Å². The van der Waals surface area contributed by atoms with Gasteiger partial charge in [0.25, 0.3) is 0 Å². The van der Waals surface area contributed by atoms with Crippen molar-refractivity contribution in [3.05, 3.63) is 83.8 Å². The fourth-order valence-electron chi connectivity index (χ4n) is 2.19. The molecule has 96 valence electrons. The molecule has 4 heteroatoms. The van der Waals surface area contributed by atoms with Crippen molar-refractivity contribution in [2.45, 2.75) is 5.92 Å². The highest BCUT2D eigenvalue weighted by Gasteiger charge is 2.19. The third kappa shape index (κ3) is 2.29. The summed E-state index contributed by atoms with van der Waals surface area (Å²) in [5.74, 6) is 0.753. The van der Waals surface area contributed by atoms with Crippen LogP contribution in [0.5, 0.6) is 0 Å². The van der Waals surface area contributed by atoms with Crippen molar-refractivity contribution >= 4 is 0 Å². The van der Waals surface area contributed by atoms with Gasteiger partial charge in [-0.15, -0.1) is 0 Å². The van der Waals surface area contributed by atoms with E-state index in [2.05, 4.69) is 16.0 Å². The van der Waals surface area contributed by atoms with Gasteiger partial charge in [0.2, 0.25) is 0 Å². The molecular formula is C16H11N3O. The highest BCUT2D eigenvalue weighted by atomic mass is 16.3. The summed E-state index contributed by atoms with van der Waals surface area (Å²) < 4.78 is 5.54. The zero-order valence-corrected chi connectivity index (χ0v) is 10.6. The maximum atomic E-state index is 8.88. The molecule has 3 aromatic rings. The van der Waals surface area contributed by atoms with Gasteiger partial charge in [0.1, 0.15) is 12.1 Å². The average Bonchev–Trinajstić information content (AvgIpc) is 3.03. The minimum atomic E-state index is -0.0704. The van der Waals surface area contributed by atoms with Gasteiger partial charge in [-0.25, -0.2) is 9.97 Å². The van der Waals surface area contributed by atoms with Crippen molar-refractivity contribution in [1.29, 1.82) is 5.26 Å². The summed E-state index contributed by atoms with van der Waals surface area (Å²) in [4.78, 5) is 8.14. The molecule has 0 fully saturated rings. The molecule has 1 aromatic carbocycles. The Morgan fingerprint density at radius 3 is 2.35 bits per heavy atom. The van der Waals surface area contributed by atoms with E-state index in [-0.39, 0.29) is 5.92 Å². The van der Waals surface area contributed by atoms with Crippen molar-refractivity contribution in [1.82, 2.24) is 9.97 Å². The van der Waals surface area contributed by atoms with E-state index in [1.165, 1.54) is 6.33 Å². The summed E-state index contributed by atoms with van der Waals surface area (Å²) in [6, 6.07) is 13.4. The third-order valence-corrected chi connectivity index (χ3v) is 3.11. The number of rotatable bonds is 3. The molecule has 0 aliphatic heterocycles. The van der Waals surface area contributed by atoms with Gasteiger partial charge < -0.3 is 4.42 Å². The topological polar surface area (TPSA) is 62.7 Å². The molecule has 0 amide bonds. The number of aromatic nitrogens is 2. The standard InChI is InChI=1S/C16H11N3O/c17-8-12-3-5-13(6-4-12)16(15-2-1-7-20-15)14-9-18-11-19-10-14/h1-7,9-11,16H. The van der Waals surface area contributed by atoms with Crippen LogP contribution in [0.4, 0.5) is 0 Å². The van der Waals surface area contributed by atoms with Crippen LogP contribution < -0.4 is 0 Å². The van der Waals surface area contributed by atoms with E-state index < -0.39 is 0 Å². The lowest BCUT2D eigenvalue weighted by molar-refractivity contribution is 0.502. The Bertz CT molecular complexity index is 713. The first-order valence-electron chi connectivity index (χ1n) is 6.17. The first-order chi connectivity index (χ1) is 9.88. The summed E-state index contributed by atoms with van der Waals surface area (Å²) >= 11 is 0. The average molecular weight is 261 g/mol. The molecule has 0 radical (unpaired) electrons. The Morgan fingerprint density at radius 2 is 1.75 bits per heavy atom. The van der Waals surface area contributed by atoms with Crippen molar-refractivity contribution in [3.8, 4) is 6.07 Å². The molecule has 1 unspecified atom stereocenters. The van der Waals surface area contributed by atoms with Gasteiger partial charge in [0.15, 0.2) is 0 Å². The van der Waals surface area contributed by atoms with E-state index in [1.807, 2.05) is 24.3 Å². The van der Waals surface area contributed by atoms with E-state index in [1.54, 1.807) is 30.8 Å². The quantitative estimate of drug-likeness (QED) is 0.726. The number of hydrogen-bond donors (Lipinski definition) is 0. The molecular weight excluding hydrogens is 250 g/mol. The summed E-state index contributed by atoms with van der Waals surface area (Å²) in [6.45, 7) is 0. The summed E-state index contributed by atoms with van der Waals surface area (Å²) in [5.41, 5.74) is 2.62. The van der Waals surface area contributed by atoms with Crippen LogP contribution in [-0.4, -0.2) is 9.97 Å². The molecule has 0 aliphatic carbocycles. The lowest BCUT2D eigenvalue weighted by atomic mass is 9.90. The van der Waals surface area contributed by atoms with Crippen molar-refractivity contribution < 1.29 is 4.42 Å². The van der Waals surface area contributed by atoms with Crippen molar-refractivity contribution in [2.75, 3.05) is 0 Å². The number of hydrogen-bond acceptors (Lipinski definition) is 4. The Kier molecular flexibility index (Phi) is 3.25. The molecule has 4 nitrogen and oxygen atoms in total. The maximum Gasteiger partial charge on any atom is 0.115 e. The highest BCUT2D eigenvalue weighted by Crippen LogP contribution is 2.31. The zero-order valence-electron chi connectivity index (χ0n) is 10.6. The molecule has 0 aliphatic rings. The van der Waals surface area contributed by atoms with Crippen molar-refractivity contribution in [2.24, 2.45) is 0 Å². The van der Waals surface area contributed by atoms with Crippen LogP contribution in [0.15, 0.2) is 65.8 Å². The second-order valence-corrected chi connectivity index (χ2v) is 4.35. The number of nitrogens with zero attached hydrogens (tertiary/aromatic N) is 3. The van der Waals surface area contributed by atoms with Gasteiger partial charge in [0.05, 0.1) is 23.8 Å². The highest BCUT2D eigenvalue weighted by molar-refractivity contribution is 5.40. The fraction of sp³-hybridized carbons (Fsp3) is 0.0625. The number of furan rings is 1. The predicted molar refractivity (Wildman–Crippen MR) is 72.8 cm³/mol. The molecule has 0 bridgehead atoms. The Morgan fingerprint density at radius 1 is 1.00 bits per heavy atom. The van der Waals surface area contributed by atoms with Crippen LogP contribution in [0.2, 0.25) is 0 Å². The van der Waals surface area contributed by atoms with E-state index >= 15 is 0 Å². The van der Waals surface area contributed by atoms with Crippen LogP contribution in [0.3, 0.4) is 0 Å². The second-order valence-electron chi connectivity index (χ2n) is 4.35. The Hall–Kier alpha value is -2.93. The SMILES string of the molecule is N#Cc1ccc(C(c2cncnc2)c2ccco2)cc1. The normalized spacial score (nSPS) is 11.8. The Balaban J connectivity index is 2.08. The summed E-state index contributed by atoms with van der Waals surface area (Å²) in [7, 11) is 0. The van der Waals surface area contributed by atoms with Crippen LogP contribution in [-0.2, 0) is 0 Å². The van der Waals surface area contributed by atoms with Gasteiger partial charge in [-0.1, -0.05) is 12.1 Å². The number of benzene rings is 1. The van der Waals surface area contributed by atoms with Crippen LogP contribution in [0.25, 0.3) is 0 Å². The molecule has 0 saturated heterocycles. The van der Waals surface area contributed by atoms with E-state index in [0.29, 0.717) is 5.56 Å². The molecule has 1 atom stereocenters. The van der Waals surface area contributed by atoms with Crippen molar-refractivity contribution in [3.63, 3.8) is 0 Å². The lowest BCUT2D eigenvalue weighted by Gasteiger charge is -2.14. The van der Waals surface area contributed by atoms with Gasteiger partial charge in [-0.3, -0.25) is 0 Å². The predicted octanol–water partition coefficient (Wildman–Crippen LogP) is 3.12. The Labute approximate surface area is 116 Å². The van der Waals surface area contributed by atoms with E-state index in [0.717, 1.165) is 16.9 Å². The smallest absolute Gasteiger partial charge is 0.115 e. The zero-order chi connectivity index (χ0) is 13.8. The molecule has 2 aromatic heterocycles. The summed E-state index contributed by atoms with van der Waals surface area (Å²) in [5, 5.41) is 8.88. The summed E-state index contributed by atoms with van der Waals surface area (Å²) in [6.07, 6.45) is 6.70. The van der Waals surface area contributed by atoms with Crippen LogP contribution in [0, 0.1) is 11.3 Å². The molecule has 3 rings (SSSR count). The van der Waals surface area contributed by atoms with Gasteiger partial charge >= 0.3 is 0 Å². The molecule has 2 heterocycles. The van der Waals surface area contributed by atoms with Crippen LogP contribution >= 0.6 is 0 Å². The molecule has 20 heavy (non-hydrogen) atoms. The minimum absolute atomic E-state index is 0.0704. The molecule has 0 saturated carbocycles. The van der Waals surface area contributed by atoms with Gasteiger partial charge in [0, 0.05) is 18.0 Å². The minimum Gasteiger partial charge on any atom is -0.468 e. The first-order valence-corrected chi connectivity index (χ1v) is 6.17. The van der Waals surface area contributed by atoms with E-state index in [9.17, 15) is 0 Å². The fourth-order valence-corrected chi connectivity index (χ4v) is 2.19. The second kappa shape index (κ2) is 5.37. The molecule has 0 spiro atoms. The third-order valence-electron chi connectivity index (χ3n) is 3.11. The van der Waals surface area contributed by atoms with Crippen LogP contribution in [0.1, 0.15) is 28.4 Å². The lowest BCUT2D eigenvalue weighted by Crippen LogP contribution is -2.03. The number of nitriles is 1. The monoisotopic (exact) mass is 261 g/mol.